The normalized spacial score (nSPS) is 19.4. The molecular formula is C17H26N2O3. The van der Waals surface area contributed by atoms with Gasteiger partial charge in [0.05, 0.1) is 12.8 Å². The molecule has 122 valence electrons. The van der Waals surface area contributed by atoms with E-state index >= 15 is 0 Å². The molecule has 0 N–H and O–H groups in total. The van der Waals surface area contributed by atoms with Crippen LogP contribution in [0.15, 0.2) is 23.3 Å². The average molecular weight is 306 g/mol. The summed E-state index contributed by atoms with van der Waals surface area (Å²) in [6.07, 6.45) is 2.69. The van der Waals surface area contributed by atoms with Gasteiger partial charge in [0.2, 0.25) is 0 Å². The van der Waals surface area contributed by atoms with Crippen LogP contribution in [0.2, 0.25) is 0 Å². The first-order valence-electron chi connectivity index (χ1n) is 7.57. The van der Waals surface area contributed by atoms with Gasteiger partial charge in [-0.3, -0.25) is 0 Å². The van der Waals surface area contributed by atoms with E-state index in [0.717, 1.165) is 30.7 Å². The van der Waals surface area contributed by atoms with Crippen LogP contribution in [0.25, 0.3) is 0 Å². The number of hydrogen-bond acceptors (Lipinski definition) is 5. The Kier molecular flexibility index (Phi) is 5.80. The lowest BCUT2D eigenvalue weighted by molar-refractivity contribution is -0.110. The maximum absolute atomic E-state index is 5.37. The summed E-state index contributed by atoms with van der Waals surface area (Å²) in [6, 6.07) is 6.23. The second kappa shape index (κ2) is 7.61. The number of fused-ring (bicyclic) bond motifs is 1. The molecule has 5 heteroatoms. The van der Waals surface area contributed by atoms with Gasteiger partial charge in [0, 0.05) is 46.2 Å². The Hall–Kier alpha value is -1.59. The maximum Gasteiger partial charge on any atom is 0.157 e. The Balaban J connectivity index is 2.37. The van der Waals surface area contributed by atoms with Crippen molar-refractivity contribution in [1.29, 1.82) is 0 Å². The van der Waals surface area contributed by atoms with Gasteiger partial charge in [0.25, 0.3) is 0 Å². The molecule has 2 rings (SSSR count). The highest BCUT2D eigenvalue weighted by molar-refractivity contribution is 6.04. The number of benzene rings is 1. The summed E-state index contributed by atoms with van der Waals surface area (Å²) in [5.41, 5.74) is 3.59. The molecule has 0 saturated heterocycles. The minimum atomic E-state index is -0.204. The largest absolute Gasteiger partial charge is 0.497 e. The molecule has 0 heterocycles. The van der Waals surface area contributed by atoms with Crippen molar-refractivity contribution in [2.45, 2.75) is 25.6 Å². The SMILES string of the molecule is COc1ccc2c(c1)/C(=N\N(C)C)C(CC(OC)OC)CC2. The second-order valence-corrected chi connectivity index (χ2v) is 5.73. The number of methoxy groups -OCH3 is 3. The zero-order valence-electron chi connectivity index (χ0n) is 14.1. The van der Waals surface area contributed by atoms with Crippen molar-refractivity contribution in [1.82, 2.24) is 5.01 Å². The summed E-state index contributed by atoms with van der Waals surface area (Å²) in [6.45, 7) is 0. The van der Waals surface area contributed by atoms with Crippen LogP contribution < -0.4 is 4.74 Å². The van der Waals surface area contributed by atoms with Gasteiger partial charge < -0.3 is 19.2 Å². The van der Waals surface area contributed by atoms with E-state index in [-0.39, 0.29) is 6.29 Å². The third kappa shape index (κ3) is 3.78. The third-order valence-corrected chi connectivity index (χ3v) is 4.05. The smallest absolute Gasteiger partial charge is 0.157 e. The van der Waals surface area contributed by atoms with E-state index in [2.05, 4.69) is 12.1 Å². The van der Waals surface area contributed by atoms with Crippen LogP contribution in [0.1, 0.15) is 24.0 Å². The van der Waals surface area contributed by atoms with Crippen LogP contribution in [0.4, 0.5) is 0 Å². The fraction of sp³-hybridized carbons (Fsp3) is 0.588. The van der Waals surface area contributed by atoms with Crippen molar-refractivity contribution < 1.29 is 14.2 Å². The molecule has 0 aliphatic heterocycles. The molecule has 1 aliphatic carbocycles. The molecule has 0 saturated carbocycles. The van der Waals surface area contributed by atoms with E-state index in [4.69, 9.17) is 19.3 Å². The molecule has 0 spiro atoms. The number of hydrazone groups is 1. The second-order valence-electron chi connectivity index (χ2n) is 5.73. The monoisotopic (exact) mass is 306 g/mol. The first-order chi connectivity index (χ1) is 10.6. The van der Waals surface area contributed by atoms with E-state index in [1.54, 1.807) is 21.3 Å². The number of rotatable bonds is 6. The summed E-state index contributed by atoms with van der Waals surface area (Å²) in [5.74, 6) is 1.17. The van der Waals surface area contributed by atoms with Gasteiger partial charge in [0.1, 0.15) is 5.75 Å². The Labute approximate surface area is 132 Å². The summed E-state index contributed by atoms with van der Waals surface area (Å²) < 4.78 is 16.1. The lowest BCUT2D eigenvalue weighted by Crippen LogP contribution is -2.30. The van der Waals surface area contributed by atoms with E-state index in [1.165, 1.54) is 11.1 Å². The Bertz CT molecular complexity index is 525. The highest BCUT2D eigenvalue weighted by Gasteiger charge is 2.29. The Morgan fingerprint density at radius 2 is 1.95 bits per heavy atom. The zero-order valence-corrected chi connectivity index (χ0v) is 14.1. The summed E-state index contributed by atoms with van der Waals surface area (Å²) >= 11 is 0. The van der Waals surface area contributed by atoms with Crippen molar-refractivity contribution in [2.24, 2.45) is 11.0 Å². The maximum atomic E-state index is 5.37. The third-order valence-electron chi connectivity index (χ3n) is 4.05. The summed E-state index contributed by atoms with van der Waals surface area (Å²) in [4.78, 5) is 0. The van der Waals surface area contributed by atoms with E-state index < -0.39 is 0 Å². The molecule has 0 aromatic heterocycles. The number of nitrogens with zero attached hydrogens (tertiary/aromatic N) is 2. The van der Waals surface area contributed by atoms with Crippen molar-refractivity contribution in [3.63, 3.8) is 0 Å². The first-order valence-corrected chi connectivity index (χ1v) is 7.57. The molecular weight excluding hydrogens is 280 g/mol. The van der Waals surface area contributed by atoms with Gasteiger partial charge >= 0.3 is 0 Å². The van der Waals surface area contributed by atoms with Gasteiger partial charge in [-0.2, -0.15) is 5.10 Å². The molecule has 0 fully saturated rings. The molecule has 1 aromatic carbocycles. The minimum Gasteiger partial charge on any atom is -0.497 e. The van der Waals surface area contributed by atoms with Crippen molar-refractivity contribution >= 4 is 5.71 Å². The van der Waals surface area contributed by atoms with Crippen LogP contribution in [-0.4, -0.2) is 52.4 Å². The lowest BCUT2D eigenvalue weighted by Gasteiger charge is -2.29. The van der Waals surface area contributed by atoms with E-state index in [0.29, 0.717) is 5.92 Å². The first kappa shape index (κ1) is 16.8. The van der Waals surface area contributed by atoms with E-state index in [9.17, 15) is 0 Å². The molecule has 1 aliphatic rings. The highest BCUT2D eigenvalue weighted by atomic mass is 16.7. The number of hydrogen-bond donors (Lipinski definition) is 0. The molecule has 0 radical (unpaired) electrons. The number of ether oxygens (including phenoxy) is 3. The van der Waals surface area contributed by atoms with Gasteiger partial charge in [-0.05, 0) is 30.5 Å². The molecule has 1 unspecified atom stereocenters. The van der Waals surface area contributed by atoms with Gasteiger partial charge in [-0.1, -0.05) is 6.07 Å². The summed E-state index contributed by atoms with van der Waals surface area (Å²) in [5, 5.41) is 6.59. The van der Waals surface area contributed by atoms with Crippen LogP contribution in [0, 0.1) is 5.92 Å². The van der Waals surface area contributed by atoms with E-state index in [1.807, 2.05) is 25.2 Å². The summed E-state index contributed by atoms with van der Waals surface area (Å²) in [7, 11) is 8.94. The van der Waals surface area contributed by atoms with Crippen molar-refractivity contribution in [3.8, 4) is 5.75 Å². The van der Waals surface area contributed by atoms with Gasteiger partial charge in [0.15, 0.2) is 6.29 Å². The lowest BCUT2D eigenvalue weighted by atomic mass is 9.80. The van der Waals surface area contributed by atoms with Crippen molar-refractivity contribution in [3.05, 3.63) is 29.3 Å². The fourth-order valence-electron chi connectivity index (χ4n) is 2.93. The van der Waals surface area contributed by atoms with Gasteiger partial charge in [-0.25, -0.2) is 0 Å². The number of aryl methyl sites for hydroxylation is 1. The molecule has 22 heavy (non-hydrogen) atoms. The fourth-order valence-corrected chi connectivity index (χ4v) is 2.93. The quantitative estimate of drug-likeness (QED) is 0.598. The standard InChI is InChI=1S/C17H26N2O3/c1-19(2)18-17-13(10-16(21-4)22-5)7-6-12-8-9-14(20-3)11-15(12)17/h8-9,11,13,16H,6-7,10H2,1-5H3/b18-17-. The van der Waals surface area contributed by atoms with Gasteiger partial charge in [-0.15, -0.1) is 0 Å². The molecule has 1 atom stereocenters. The average Bonchev–Trinajstić information content (AvgIpc) is 2.53. The highest BCUT2D eigenvalue weighted by Crippen LogP contribution is 2.32. The molecule has 0 bridgehead atoms. The minimum absolute atomic E-state index is 0.204. The predicted octanol–water partition coefficient (Wildman–Crippen LogP) is 2.53. The predicted molar refractivity (Wildman–Crippen MR) is 87.5 cm³/mol. The van der Waals surface area contributed by atoms with Crippen molar-refractivity contribution in [2.75, 3.05) is 35.4 Å². The Morgan fingerprint density at radius 1 is 1.23 bits per heavy atom. The van der Waals surface area contributed by atoms with Crippen LogP contribution >= 0.6 is 0 Å². The topological polar surface area (TPSA) is 43.3 Å². The molecule has 5 nitrogen and oxygen atoms in total. The zero-order chi connectivity index (χ0) is 16.1. The molecule has 0 amide bonds. The van der Waals surface area contributed by atoms with Crippen LogP contribution in [-0.2, 0) is 15.9 Å². The van der Waals surface area contributed by atoms with Crippen LogP contribution in [0.5, 0.6) is 5.75 Å². The van der Waals surface area contributed by atoms with Crippen LogP contribution in [0.3, 0.4) is 0 Å². The molecule has 1 aromatic rings. The Morgan fingerprint density at radius 3 is 2.55 bits per heavy atom.